The van der Waals surface area contributed by atoms with Gasteiger partial charge in [0.05, 0.1) is 0 Å². The van der Waals surface area contributed by atoms with Gasteiger partial charge in [0.25, 0.3) is 0 Å². The topological polar surface area (TPSA) is 51.8 Å². The Hall–Kier alpha value is -7.69. The number of para-hydroxylation sites is 1. The summed E-state index contributed by atoms with van der Waals surface area (Å²) >= 11 is 0. The van der Waals surface area contributed by atoms with Crippen LogP contribution in [0.2, 0.25) is 0 Å². The predicted molar refractivity (Wildman–Crippen MR) is 235 cm³/mol. The van der Waals surface area contributed by atoms with Crippen molar-refractivity contribution in [1.29, 1.82) is 0 Å². The first-order valence-electron chi connectivity index (χ1n) is 19.2. The molecule has 4 heteroatoms. The summed E-state index contributed by atoms with van der Waals surface area (Å²) in [7, 11) is 0. The van der Waals surface area contributed by atoms with E-state index in [-0.39, 0.29) is 0 Å². The lowest BCUT2D eigenvalue weighted by molar-refractivity contribution is 0.670. The largest absolute Gasteiger partial charge is 0.455 e. The highest BCUT2D eigenvalue weighted by Crippen LogP contribution is 2.38. The Morgan fingerprint density at radius 2 is 0.807 bits per heavy atom. The van der Waals surface area contributed by atoms with Gasteiger partial charge in [-0.1, -0.05) is 182 Å². The average Bonchev–Trinajstić information content (AvgIpc) is 3.67. The first-order valence-corrected chi connectivity index (χ1v) is 19.2. The lowest BCUT2D eigenvalue weighted by Gasteiger charge is -2.11. The Balaban J connectivity index is 0.973. The zero-order chi connectivity index (χ0) is 37.7. The third kappa shape index (κ3) is 5.92. The van der Waals surface area contributed by atoms with Crippen LogP contribution in [-0.2, 0) is 0 Å². The zero-order valence-corrected chi connectivity index (χ0v) is 30.8. The van der Waals surface area contributed by atoms with Crippen molar-refractivity contribution in [2.24, 2.45) is 0 Å². The van der Waals surface area contributed by atoms with Gasteiger partial charge in [0, 0.05) is 33.0 Å². The Morgan fingerprint density at radius 3 is 1.56 bits per heavy atom. The van der Waals surface area contributed by atoms with E-state index in [0.29, 0.717) is 17.5 Å². The van der Waals surface area contributed by atoms with Gasteiger partial charge in [-0.2, -0.15) is 0 Å². The molecule has 266 valence electrons. The molecule has 0 aliphatic rings. The van der Waals surface area contributed by atoms with Crippen LogP contribution in [0, 0.1) is 0 Å². The monoisotopic (exact) mass is 727 g/mol. The maximum Gasteiger partial charge on any atom is 0.164 e. The molecule has 0 N–H and O–H groups in total. The highest BCUT2D eigenvalue weighted by molar-refractivity contribution is 6.10. The molecule has 0 atom stereocenters. The van der Waals surface area contributed by atoms with E-state index in [1.54, 1.807) is 0 Å². The first kappa shape index (κ1) is 32.7. The van der Waals surface area contributed by atoms with Crippen molar-refractivity contribution in [2.45, 2.75) is 0 Å². The standard InChI is InChI=1S/C53H33N3O/c1-2-11-38(12-3-1)45-17-9-18-47-46-31-30-43(33-49(46)57-50(45)47)36-22-27-40(28-23-36)52-54-51(55-53(56-52)48-19-8-15-37-13-6-7-16-44(37)48)39-25-20-35(21-26-39)42-29-24-34-10-4-5-14-41(34)32-42/h1-33H. The number of benzene rings is 9. The molecule has 0 aliphatic heterocycles. The van der Waals surface area contributed by atoms with E-state index in [1.165, 1.54) is 16.3 Å². The third-order valence-electron chi connectivity index (χ3n) is 11.0. The van der Waals surface area contributed by atoms with E-state index in [9.17, 15) is 0 Å². The van der Waals surface area contributed by atoms with Gasteiger partial charge in [0.2, 0.25) is 0 Å². The highest BCUT2D eigenvalue weighted by atomic mass is 16.3. The zero-order valence-electron chi connectivity index (χ0n) is 30.8. The summed E-state index contributed by atoms with van der Waals surface area (Å²) in [6, 6.07) is 69.9. The van der Waals surface area contributed by atoms with Crippen molar-refractivity contribution in [1.82, 2.24) is 15.0 Å². The van der Waals surface area contributed by atoms with Crippen LogP contribution in [0.15, 0.2) is 205 Å². The van der Waals surface area contributed by atoms with Gasteiger partial charge < -0.3 is 4.42 Å². The molecule has 0 saturated carbocycles. The summed E-state index contributed by atoms with van der Waals surface area (Å²) in [5.41, 5.74) is 11.3. The third-order valence-corrected chi connectivity index (χ3v) is 11.0. The lowest BCUT2D eigenvalue weighted by atomic mass is 10.00. The van der Waals surface area contributed by atoms with E-state index in [2.05, 4.69) is 194 Å². The van der Waals surface area contributed by atoms with Crippen LogP contribution in [0.3, 0.4) is 0 Å². The quantitative estimate of drug-likeness (QED) is 0.171. The van der Waals surface area contributed by atoms with Crippen LogP contribution in [-0.4, -0.2) is 15.0 Å². The summed E-state index contributed by atoms with van der Waals surface area (Å²) in [4.78, 5) is 15.3. The van der Waals surface area contributed by atoms with Crippen molar-refractivity contribution in [2.75, 3.05) is 0 Å². The summed E-state index contributed by atoms with van der Waals surface area (Å²) in [5, 5.41) is 6.91. The summed E-state index contributed by atoms with van der Waals surface area (Å²) in [5.74, 6) is 1.89. The second-order valence-electron chi connectivity index (χ2n) is 14.4. The number of rotatable bonds is 6. The minimum absolute atomic E-state index is 0.620. The molecule has 4 nitrogen and oxygen atoms in total. The summed E-state index contributed by atoms with van der Waals surface area (Å²) in [6.45, 7) is 0. The molecule has 0 radical (unpaired) electrons. The van der Waals surface area contributed by atoms with Gasteiger partial charge in [0.1, 0.15) is 11.2 Å². The van der Waals surface area contributed by atoms with E-state index in [0.717, 1.165) is 77.2 Å². The van der Waals surface area contributed by atoms with Gasteiger partial charge >= 0.3 is 0 Å². The van der Waals surface area contributed by atoms with E-state index < -0.39 is 0 Å². The molecule has 2 aromatic heterocycles. The van der Waals surface area contributed by atoms with Crippen LogP contribution >= 0.6 is 0 Å². The van der Waals surface area contributed by atoms with Gasteiger partial charge in [-0.15, -0.1) is 0 Å². The SMILES string of the molecule is c1ccc(-c2cccc3c2oc2cc(-c4ccc(-c5nc(-c6ccc(-c7ccc8ccccc8c7)cc6)nc(-c6cccc7ccccc67)n5)cc4)ccc23)cc1. The first-order chi connectivity index (χ1) is 28.2. The van der Waals surface area contributed by atoms with Crippen molar-refractivity contribution in [3.8, 4) is 67.5 Å². The van der Waals surface area contributed by atoms with Gasteiger partial charge in [-0.25, -0.2) is 15.0 Å². The van der Waals surface area contributed by atoms with Gasteiger partial charge in [-0.05, 0) is 67.6 Å². The molecule has 9 aromatic carbocycles. The van der Waals surface area contributed by atoms with E-state index in [4.69, 9.17) is 19.4 Å². The normalized spacial score (nSPS) is 11.5. The Bertz CT molecular complexity index is 3270. The second kappa shape index (κ2) is 13.6. The van der Waals surface area contributed by atoms with Crippen LogP contribution < -0.4 is 0 Å². The van der Waals surface area contributed by atoms with Gasteiger partial charge in [-0.3, -0.25) is 0 Å². The van der Waals surface area contributed by atoms with Crippen LogP contribution in [0.5, 0.6) is 0 Å². The molecule has 0 fully saturated rings. The fourth-order valence-electron chi connectivity index (χ4n) is 7.99. The smallest absolute Gasteiger partial charge is 0.164 e. The number of aromatic nitrogens is 3. The number of hydrogen-bond donors (Lipinski definition) is 0. The minimum Gasteiger partial charge on any atom is -0.455 e. The van der Waals surface area contributed by atoms with Crippen molar-refractivity contribution in [3.63, 3.8) is 0 Å². The molecule has 0 bridgehead atoms. The van der Waals surface area contributed by atoms with Crippen molar-refractivity contribution < 1.29 is 4.42 Å². The number of hydrogen-bond acceptors (Lipinski definition) is 4. The maximum atomic E-state index is 6.56. The molecule has 11 aromatic rings. The Labute approximate surface area is 329 Å². The molecule has 57 heavy (non-hydrogen) atoms. The number of furan rings is 1. The number of nitrogens with zero attached hydrogens (tertiary/aromatic N) is 3. The summed E-state index contributed by atoms with van der Waals surface area (Å²) < 4.78 is 6.56. The van der Waals surface area contributed by atoms with Crippen molar-refractivity contribution >= 4 is 43.5 Å². The molecule has 0 saturated heterocycles. The van der Waals surface area contributed by atoms with E-state index in [1.807, 2.05) is 6.07 Å². The van der Waals surface area contributed by atoms with E-state index >= 15 is 0 Å². The molecule has 0 amide bonds. The number of fused-ring (bicyclic) bond motifs is 5. The fraction of sp³-hybridized carbons (Fsp3) is 0. The molecule has 0 spiro atoms. The maximum absolute atomic E-state index is 6.56. The molecule has 0 unspecified atom stereocenters. The van der Waals surface area contributed by atoms with Crippen LogP contribution in [0.25, 0.3) is 111 Å². The minimum atomic E-state index is 0.620. The Morgan fingerprint density at radius 1 is 0.281 bits per heavy atom. The molecule has 0 aliphatic carbocycles. The second-order valence-corrected chi connectivity index (χ2v) is 14.4. The molecule has 2 heterocycles. The highest BCUT2D eigenvalue weighted by Gasteiger charge is 2.16. The molecular formula is C53H33N3O. The summed E-state index contributed by atoms with van der Waals surface area (Å²) in [6.07, 6.45) is 0. The molecule has 11 rings (SSSR count). The average molecular weight is 728 g/mol. The molecular weight excluding hydrogens is 695 g/mol. The van der Waals surface area contributed by atoms with Crippen molar-refractivity contribution in [3.05, 3.63) is 200 Å². The predicted octanol–water partition coefficient (Wildman–Crippen LogP) is 14.1. The fourth-order valence-corrected chi connectivity index (χ4v) is 7.99. The lowest BCUT2D eigenvalue weighted by Crippen LogP contribution is -2.00. The van der Waals surface area contributed by atoms with Gasteiger partial charge in [0.15, 0.2) is 17.5 Å². The van der Waals surface area contributed by atoms with Crippen LogP contribution in [0.1, 0.15) is 0 Å². The van der Waals surface area contributed by atoms with Crippen LogP contribution in [0.4, 0.5) is 0 Å². The Kier molecular flexibility index (Phi) is 7.78.